The summed E-state index contributed by atoms with van der Waals surface area (Å²) >= 11 is 5.57. The molecule has 2 nitrogen and oxygen atoms in total. The highest BCUT2D eigenvalue weighted by Gasteiger charge is 2.08. The molecule has 62 valence electrons. The molecule has 1 aromatic carbocycles. The number of hydrogen-bond donors (Lipinski definition) is 0. The van der Waals surface area contributed by atoms with Crippen LogP contribution in [0.1, 0.15) is 5.56 Å². The fourth-order valence-corrected chi connectivity index (χ4v) is 1.01. The lowest BCUT2D eigenvalue weighted by Gasteiger charge is -2.01. The average Bonchev–Trinajstić information content (AvgIpc) is 2.03. The summed E-state index contributed by atoms with van der Waals surface area (Å²) in [4.78, 5) is 0. The van der Waals surface area contributed by atoms with E-state index in [4.69, 9.17) is 21.6 Å². The molecule has 0 aliphatic heterocycles. The Labute approximate surface area is 74.1 Å². The van der Waals surface area contributed by atoms with Gasteiger partial charge < -0.3 is 4.74 Å². The van der Waals surface area contributed by atoms with Gasteiger partial charge in [0, 0.05) is 12.1 Å². The van der Waals surface area contributed by atoms with Crippen LogP contribution in [0.25, 0.3) is 0 Å². The quantitative estimate of drug-likeness (QED) is 0.673. The number of halogens is 2. The molecule has 0 atom stereocenters. The van der Waals surface area contributed by atoms with Crippen LogP contribution in [0.2, 0.25) is 5.02 Å². The molecule has 0 bridgehead atoms. The summed E-state index contributed by atoms with van der Waals surface area (Å²) in [6, 6.07) is 4.16. The van der Waals surface area contributed by atoms with E-state index >= 15 is 0 Å². The van der Waals surface area contributed by atoms with Gasteiger partial charge in [-0.3, -0.25) is 0 Å². The highest BCUT2D eigenvalue weighted by atomic mass is 35.5. The molecule has 0 radical (unpaired) electrons. The van der Waals surface area contributed by atoms with E-state index in [1.165, 1.54) is 13.2 Å². The van der Waals surface area contributed by atoms with Gasteiger partial charge in [0.1, 0.15) is 23.2 Å². The average molecular weight is 186 g/mol. The predicted octanol–water partition coefficient (Wildman–Crippen LogP) is 2.36. The third-order valence-electron chi connectivity index (χ3n) is 1.36. The fraction of sp³-hybridized carbons (Fsp3) is 0.125. The monoisotopic (exact) mass is 185 g/mol. The van der Waals surface area contributed by atoms with Crippen LogP contribution in [-0.2, 0) is 0 Å². The number of hydrogen-bond acceptors (Lipinski definition) is 2. The zero-order chi connectivity index (χ0) is 9.14. The van der Waals surface area contributed by atoms with Gasteiger partial charge in [-0.2, -0.15) is 5.26 Å². The third-order valence-corrected chi connectivity index (χ3v) is 1.66. The Bertz CT molecular complexity index is 322. The van der Waals surface area contributed by atoms with Gasteiger partial charge in [-0.1, -0.05) is 11.6 Å². The van der Waals surface area contributed by atoms with Crippen molar-refractivity contribution >= 4 is 11.6 Å². The molecule has 0 aliphatic carbocycles. The highest BCUT2D eigenvalue weighted by molar-refractivity contribution is 6.31. The van der Waals surface area contributed by atoms with E-state index in [0.29, 0.717) is 5.75 Å². The lowest BCUT2D eigenvalue weighted by Crippen LogP contribution is -1.89. The third kappa shape index (κ3) is 1.49. The minimum absolute atomic E-state index is 0.0642. The zero-order valence-corrected chi connectivity index (χ0v) is 7.02. The molecule has 0 N–H and O–H groups in total. The maximum atomic E-state index is 12.9. The van der Waals surface area contributed by atoms with Crippen molar-refractivity contribution in [2.75, 3.05) is 7.11 Å². The van der Waals surface area contributed by atoms with Crippen molar-refractivity contribution in [3.05, 3.63) is 28.5 Å². The molecule has 0 aliphatic rings. The van der Waals surface area contributed by atoms with E-state index in [9.17, 15) is 4.39 Å². The number of benzene rings is 1. The topological polar surface area (TPSA) is 33.0 Å². The molecule has 1 aromatic rings. The first kappa shape index (κ1) is 8.82. The smallest absolute Gasteiger partial charge is 0.146 e. The van der Waals surface area contributed by atoms with Crippen LogP contribution in [0.15, 0.2) is 12.1 Å². The van der Waals surface area contributed by atoms with E-state index in [2.05, 4.69) is 0 Å². The second-order valence-electron chi connectivity index (χ2n) is 2.08. The first-order valence-corrected chi connectivity index (χ1v) is 3.50. The molecule has 0 amide bonds. The molecule has 0 spiro atoms. The molecule has 0 saturated heterocycles. The number of nitrogens with zero attached hydrogens (tertiary/aromatic N) is 1. The fourth-order valence-electron chi connectivity index (χ4n) is 0.775. The summed E-state index contributed by atoms with van der Waals surface area (Å²) < 4.78 is 17.7. The van der Waals surface area contributed by atoms with E-state index in [0.717, 1.165) is 6.07 Å². The summed E-state index contributed by atoms with van der Waals surface area (Å²) in [5.74, 6) is -0.363. The molecule has 4 heteroatoms. The second kappa shape index (κ2) is 3.42. The van der Waals surface area contributed by atoms with Crippen molar-refractivity contribution < 1.29 is 9.13 Å². The summed E-state index contributed by atoms with van der Waals surface area (Å²) in [5, 5.41) is 8.51. The van der Waals surface area contributed by atoms with Gasteiger partial charge in [-0.05, 0) is 0 Å². The lowest BCUT2D eigenvalue weighted by molar-refractivity contribution is 0.411. The van der Waals surface area contributed by atoms with Crippen LogP contribution in [0.5, 0.6) is 5.75 Å². The molecule has 0 saturated carbocycles. The van der Waals surface area contributed by atoms with Gasteiger partial charge in [0.15, 0.2) is 0 Å². The Balaban J connectivity index is 3.30. The molecule has 1 rings (SSSR count). The van der Waals surface area contributed by atoms with Gasteiger partial charge in [-0.25, -0.2) is 4.39 Å². The molecule has 0 heterocycles. The number of ether oxygens (including phenoxy) is 1. The van der Waals surface area contributed by atoms with Crippen LogP contribution in [0, 0.1) is 17.1 Å². The Kier molecular flexibility index (Phi) is 2.51. The van der Waals surface area contributed by atoms with Gasteiger partial charge in [-0.15, -0.1) is 0 Å². The Morgan fingerprint density at radius 1 is 1.58 bits per heavy atom. The van der Waals surface area contributed by atoms with E-state index < -0.39 is 5.82 Å². The molecule has 12 heavy (non-hydrogen) atoms. The Morgan fingerprint density at radius 2 is 2.25 bits per heavy atom. The van der Waals surface area contributed by atoms with Crippen molar-refractivity contribution in [1.29, 1.82) is 5.26 Å². The number of nitriles is 1. The van der Waals surface area contributed by atoms with Crippen molar-refractivity contribution in [2.45, 2.75) is 0 Å². The first-order chi connectivity index (χ1) is 5.69. The standard InChI is InChI=1S/C8H5ClFNO/c1-12-5-2-7(9)6(4-11)8(10)3-5/h2-3H,1H3. The lowest BCUT2D eigenvalue weighted by atomic mass is 10.2. The maximum Gasteiger partial charge on any atom is 0.146 e. The Morgan fingerprint density at radius 3 is 2.67 bits per heavy atom. The summed E-state index contributed by atoms with van der Waals surface area (Å²) in [6.45, 7) is 0. The van der Waals surface area contributed by atoms with Gasteiger partial charge in [0.25, 0.3) is 0 Å². The van der Waals surface area contributed by atoms with Crippen molar-refractivity contribution in [2.24, 2.45) is 0 Å². The molecule has 0 fully saturated rings. The van der Waals surface area contributed by atoms with Crippen LogP contribution < -0.4 is 4.74 Å². The van der Waals surface area contributed by atoms with Crippen LogP contribution in [0.3, 0.4) is 0 Å². The molecule has 0 unspecified atom stereocenters. The minimum atomic E-state index is -0.665. The normalized spacial score (nSPS) is 9.17. The minimum Gasteiger partial charge on any atom is -0.497 e. The van der Waals surface area contributed by atoms with Crippen molar-refractivity contribution in [3.63, 3.8) is 0 Å². The van der Waals surface area contributed by atoms with Gasteiger partial charge in [0.05, 0.1) is 12.1 Å². The molecular formula is C8H5ClFNO. The molecular weight excluding hydrogens is 181 g/mol. The summed E-state index contributed by atoms with van der Waals surface area (Å²) in [6.07, 6.45) is 0. The van der Waals surface area contributed by atoms with Crippen LogP contribution >= 0.6 is 11.6 Å². The molecule has 0 aromatic heterocycles. The van der Waals surface area contributed by atoms with E-state index in [1.54, 1.807) is 6.07 Å². The van der Waals surface area contributed by atoms with Gasteiger partial charge in [0.2, 0.25) is 0 Å². The van der Waals surface area contributed by atoms with Crippen LogP contribution in [0.4, 0.5) is 4.39 Å². The number of rotatable bonds is 1. The number of methoxy groups -OCH3 is 1. The largest absolute Gasteiger partial charge is 0.497 e. The van der Waals surface area contributed by atoms with Gasteiger partial charge >= 0.3 is 0 Å². The highest BCUT2D eigenvalue weighted by Crippen LogP contribution is 2.24. The zero-order valence-electron chi connectivity index (χ0n) is 6.27. The van der Waals surface area contributed by atoms with E-state index in [-0.39, 0.29) is 10.6 Å². The van der Waals surface area contributed by atoms with Crippen LogP contribution in [-0.4, -0.2) is 7.11 Å². The second-order valence-corrected chi connectivity index (χ2v) is 2.49. The SMILES string of the molecule is COc1cc(F)c(C#N)c(Cl)c1. The predicted molar refractivity (Wildman–Crippen MR) is 42.7 cm³/mol. The van der Waals surface area contributed by atoms with Crippen molar-refractivity contribution in [3.8, 4) is 11.8 Å². The van der Waals surface area contributed by atoms with Crippen molar-refractivity contribution in [1.82, 2.24) is 0 Å². The summed E-state index contributed by atoms with van der Waals surface area (Å²) in [5.41, 5.74) is -0.155. The first-order valence-electron chi connectivity index (χ1n) is 3.12. The van der Waals surface area contributed by atoms with E-state index in [1.807, 2.05) is 0 Å². The Hall–Kier alpha value is -1.27. The maximum absolute atomic E-state index is 12.9. The summed E-state index contributed by atoms with van der Waals surface area (Å²) in [7, 11) is 1.40.